The number of nitrogens with two attached hydrogens (primary N) is 2. The molecular weight excluding hydrogens is 370 g/mol. The fraction of sp³-hybridized carbons (Fsp3) is 0.476. The van der Waals surface area contributed by atoms with Gasteiger partial charge in [-0.25, -0.2) is 0 Å². The fourth-order valence-electron chi connectivity index (χ4n) is 3.39. The molecule has 8 nitrogen and oxygen atoms in total. The number of carboxylic acids is 1. The molecule has 1 aromatic rings. The molecule has 0 bridgehead atoms. The van der Waals surface area contributed by atoms with Gasteiger partial charge in [0.1, 0.15) is 17.8 Å². The number of carbonyl (C=O) groups is 2. The topological polar surface area (TPSA) is 145 Å². The zero-order valence-corrected chi connectivity index (χ0v) is 16.6. The van der Waals surface area contributed by atoms with Crippen LogP contribution < -0.4 is 21.7 Å². The lowest BCUT2D eigenvalue weighted by molar-refractivity contribution is -0.138. The molecule has 8 heteroatoms. The molecule has 1 aliphatic rings. The molecule has 1 amide bonds. The number of nitrogens with one attached hydrogen (secondary N) is 1. The van der Waals surface area contributed by atoms with Crippen molar-refractivity contribution < 1.29 is 14.7 Å². The summed E-state index contributed by atoms with van der Waals surface area (Å²) in [7, 11) is 0. The molecule has 1 aliphatic heterocycles. The fourth-order valence-corrected chi connectivity index (χ4v) is 3.39. The second-order valence-electron chi connectivity index (χ2n) is 7.23. The number of nitriles is 1. The number of amides is 1. The molecule has 6 N–H and O–H groups in total. The number of hydrogen-bond donors (Lipinski definition) is 4. The molecule has 0 fully saturated rings. The quantitative estimate of drug-likeness (QED) is 0.343. The van der Waals surface area contributed by atoms with Crippen molar-refractivity contribution in [2.45, 2.75) is 44.6 Å². The molecule has 0 unspecified atom stereocenters. The highest BCUT2D eigenvalue weighted by Gasteiger charge is 2.18. The minimum absolute atomic E-state index is 0.0130. The third-order valence-corrected chi connectivity index (χ3v) is 4.96. The van der Waals surface area contributed by atoms with Crippen LogP contribution in [0.1, 0.15) is 43.2 Å². The molecular formula is C21H29N5O3. The molecule has 0 radical (unpaired) electrons. The largest absolute Gasteiger partial charge is 0.480 e. The van der Waals surface area contributed by atoms with Gasteiger partial charge in [-0.05, 0) is 61.4 Å². The molecule has 1 atom stereocenters. The van der Waals surface area contributed by atoms with Gasteiger partial charge in [0, 0.05) is 31.7 Å². The minimum Gasteiger partial charge on any atom is -0.480 e. The standard InChI is InChI=1S/C21H29N5O3/c22-14-17(23)13-15-6-7-19-16(12-15)4-3-10-26(19)11-8-20(27)25-9-2-1-5-18(24)21(28)29/h6-7,12-13,18H,1-5,8-11,23-24H2,(H,25,27)(H,28,29)/b17-13+/t18-/m1/s1. The highest BCUT2D eigenvalue weighted by molar-refractivity contribution is 5.76. The summed E-state index contributed by atoms with van der Waals surface area (Å²) in [6.45, 7) is 2.07. The number of benzene rings is 1. The second kappa shape index (κ2) is 11.1. The summed E-state index contributed by atoms with van der Waals surface area (Å²) in [5, 5.41) is 20.4. The molecule has 0 aromatic heterocycles. The molecule has 156 valence electrons. The second-order valence-corrected chi connectivity index (χ2v) is 7.23. The van der Waals surface area contributed by atoms with E-state index in [0.29, 0.717) is 38.8 Å². The number of anilines is 1. The van der Waals surface area contributed by atoms with E-state index in [1.165, 1.54) is 5.56 Å². The predicted octanol–water partition coefficient (Wildman–Crippen LogP) is 1.35. The van der Waals surface area contributed by atoms with E-state index in [-0.39, 0.29) is 11.6 Å². The molecule has 0 saturated heterocycles. The molecule has 29 heavy (non-hydrogen) atoms. The van der Waals surface area contributed by atoms with Crippen molar-refractivity contribution in [2.24, 2.45) is 11.5 Å². The van der Waals surface area contributed by atoms with Crippen LogP contribution in [0.25, 0.3) is 6.08 Å². The summed E-state index contributed by atoms with van der Waals surface area (Å²) in [6, 6.07) is 7.09. The van der Waals surface area contributed by atoms with E-state index in [9.17, 15) is 9.59 Å². The number of fused-ring (bicyclic) bond motifs is 1. The first-order valence-corrected chi connectivity index (χ1v) is 9.91. The summed E-state index contributed by atoms with van der Waals surface area (Å²) in [6.07, 6.45) is 5.83. The zero-order chi connectivity index (χ0) is 21.2. The first-order valence-electron chi connectivity index (χ1n) is 9.91. The van der Waals surface area contributed by atoms with E-state index in [2.05, 4.69) is 10.2 Å². The summed E-state index contributed by atoms with van der Waals surface area (Å²) >= 11 is 0. The van der Waals surface area contributed by atoms with Crippen LogP contribution in [-0.4, -0.2) is 42.7 Å². The van der Waals surface area contributed by atoms with Gasteiger partial charge in [0.15, 0.2) is 0 Å². The first kappa shape index (κ1) is 22.2. The summed E-state index contributed by atoms with van der Waals surface area (Å²) in [5.74, 6) is -1.01. The van der Waals surface area contributed by atoms with Crippen LogP contribution in [0.4, 0.5) is 5.69 Å². The maximum Gasteiger partial charge on any atom is 0.320 e. The average molecular weight is 399 g/mol. The zero-order valence-electron chi connectivity index (χ0n) is 16.6. The van der Waals surface area contributed by atoms with Gasteiger partial charge in [0.25, 0.3) is 0 Å². The maximum atomic E-state index is 12.1. The highest BCUT2D eigenvalue weighted by atomic mass is 16.4. The van der Waals surface area contributed by atoms with Crippen molar-refractivity contribution >= 4 is 23.6 Å². The van der Waals surface area contributed by atoms with Gasteiger partial charge in [0.2, 0.25) is 5.91 Å². The Bertz CT molecular complexity index is 800. The number of aliphatic carboxylic acids is 1. The van der Waals surface area contributed by atoms with Crippen LogP contribution in [0.2, 0.25) is 0 Å². The Morgan fingerprint density at radius 1 is 1.38 bits per heavy atom. The Morgan fingerprint density at radius 3 is 2.90 bits per heavy atom. The Balaban J connectivity index is 1.78. The lowest BCUT2D eigenvalue weighted by atomic mass is 9.98. The van der Waals surface area contributed by atoms with E-state index in [1.807, 2.05) is 24.3 Å². The van der Waals surface area contributed by atoms with Crippen molar-refractivity contribution in [2.75, 3.05) is 24.5 Å². The monoisotopic (exact) mass is 399 g/mol. The van der Waals surface area contributed by atoms with Crippen molar-refractivity contribution in [3.8, 4) is 6.07 Å². The van der Waals surface area contributed by atoms with Crippen LogP contribution in [0.5, 0.6) is 0 Å². The summed E-state index contributed by atoms with van der Waals surface area (Å²) in [4.78, 5) is 25.0. The Kier molecular flexibility index (Phi) is 8.49. The van der Waals surface area contributed by atoms with Crippen molar-refractivity contribution in [3.63, 3.8) is 0 Å². The summed E-state index contributed by atoms with van der Waals surface area (Å²) < 4.78 is 0. The van der Waals surface area contributed by atoms with Gasteiger partial charge >= 0.3 is 5.97 Å². The van der Waals surface area contributed by atoms with E-state index < -0.39 is 12.0 Å². The normalized spacial score (nSPS) is 14.6. The smallest absolute Gasteiger partial charge is 0.320 e. The van der Waals surface area contributed by atoms with Crippen molar-refractivity contribution in [1.29, 1.82) is 5.26 Å². The lowest BCUT2D eigenvalue weighted by Gasteiger charge is -2.31. The summed E-state index contributed by atoms with van der Waals surface area (Å²) in [5.41, 5.74) is 14.5. The van der Waals surface area contributed by atoms with E-state index >= 15 is 0 Å². The van der Waals surface area contributed by atoms with Gasteiger partial charge in [-0.1, -0.05) is 6.07 Å². The SMILES string of the molecule is N#C/C(N)=C\c1ccc2c(c1)CCCN2CCC(=O)NCCCC[C@@H](N)C(=O)O. The van der Waals surface area contributed by atoms with Gasteiger partial charge in [-0.3, -0.25) is 9.59 Å². The number of allylic oxidation sites excluding steroid dienone is 1. The Hall–Kier alpha value is -3.05. The molecule has 1 heterocycles. The van der Waals surface area contributed by atoms with E-state index in [0.717, 1.165) is 30.6 Å². The van der Waals surface area contributed by atoms with Gasteiger partial charge in [-0.15, -0.1) is 0 Å². The van der Waals surface area contributed by atoms with Crippen LogP contribution in [0, 0.1) is 11.3 Å². The number of carboxylic acid groups (broad SMARTS) is 1. The highest BCUT2D eigenvalue weighted by Crippen LogP contribution is 2.28. The lowest BCUT2D eigenvalue weighted by Crippen LogP contribution is -2.34. The van der Waals surface area contributed by atoms with Gasteiger partial charge < -0.3 is 26.8 Å². The third-order valence-electron chi connectivity index (χ3n) is 4.96. The number of rotatable bonds is 10. The van der Waals surface area contributed by atoms with Crippen LogP contribution >= 0.6 is 0 Å². The number of unbranched alkanes of at least 4 members (excludes halogenated alkanes) is 1. The minimum atomic E-state index is -0.993. The number of nitrogens with zero attached hydrogens (tertiary/aromatic N) is 2. The molecule has 0 aliphatic carbocycles. The number of carbonyl (C=O) groups excluding carboxylic acids is 1. The molecule has 0 saturated carbocycles. The van der Waals surface area contributed by atoms with Gasteiger partial charge in [-0.2, -0.15) is 5.26 Å². The third kappa shape index (κ3) is 7.12. The Morgan fingerprint density at radius 2 is 2.17 bits per heavy atom. The molecule has 2 rings (SSSR count). The average Bonchev–Trinajstić information content (AvgIpc) is 2.71. The molecule has 0 spiro atoms. The van der Waals surface area contributed by atoms with Crippen LogP contribution in [-0.2, 0) is 16.0 Å². The van der Waals surface area contributed by atoms with Crippen molar-refractivity contribution in [1.82, 2.24) is 5.32 Å². The maximum absolute atomic E-state index is 12.1. The van der Waals surface area contributed by atoms with Crippen LogP contribution in [0.15, 0.2) is 23.9 Å². The number of hydrogen-bond acceptors (Lipinski definition) is 6. The number of aryl methyl sites for hydroxylation is 1. The van der Waals surface area contributed by atoms with Crippen molar-refractivity contribution in [3.05, 3.63) is 35.0 Å². The first-order chi connectivity index (χ1) is 13.9. The Labute approximate surface area is 171 Å². The van der Waals surface area contributed by atoms with Crippen LogP contribution in [0.3, 0.4) is 0 Å². The van der Waals surface area contributed by atoms with Gasteiger partial charge in [0.05, 0.1) is 0 Å². The predicted molar refractivity (Wildman–Crippen MR) is 112 cm³/mol. The molecule has 1 aromatic carbocycles. The van der Waals surface area contributed by atoms with E-state index in [4.69, 9.17) is 21.8 Å². The van der Waals surface area contributed by atoms with E-state index in [1.54, 1.807) is 6.08 Å².